The van der Waals surface area contributed by atoms with E-state index in [0.717, 1.165) is 96.3 Å². The number of phosphoric ester groups is 1. The Morgan fingerprint density at radius 3 is 1.05 bits per heavy atom. The summed E-state index contributed by atoms with van der Waals surface area (Å²) in [5.41, 5.74) is 0. The van der Waals surface area contributed by atoms with Crippen LogP contribution in [-0.2, 0) is 27.9 Å². The summed E-state index contributed by atoms with van der Waals surface area (Å²) < 4.78 is 30.5. The number of rotatable bonds is 72. The highest BCUT2D eigenvalue weighted by Gasteiger charge is 2.27. The molecule has 0 aliphatic carbocycles. The van der Waals surface area contributed by atoms with Crippen LogP contribution in [0.15, 0.2) is 72.9 Å². The topological polar surface area (TPSA) is 114 Å². The summed E-state index contributed by atoms with van der Waals surface area (Å²) >= 11 is 0. The molecule has 3 atom stereocenters. The van der Waals surface area contributed by atoms with Crippen molar-refractivity contribution in [1.29, 1.82) is 0 Å². The van der Waals surface area contributed by atoms with Gasteiger partial charge < -0.3 is 28.5 Å². The first-order valence-electron chi connectivity index (χ1n) is 39.2. The van der Waals surface area contributed by atoms with E-state index in [0.29, 0.717) is 17.4 Å². The fourth-order valence-corrected chi connectivity index (χ4v) is 12.4. The molecule has 9 nitrogen and oxygen atoms in total. The standard InChI is InChI=1S/C81H151N2O7P/c1-7-10-13-16-19-22-25-27-29-31-33-35-37-39-41-43-45-47-49-51-53-55-58-61-64-67-70-73-80(84)82-78(77-89-91(86,87)88-76-75-83(4,5)6)79(72-69-66-63-60-57-24-21-18-15-12-9-3)90-81(85)74-71-68-65-62-59-56-54-52-50-48-46-44-42-40-38-36-34-32-30-28-26-23-20-17-14-11-8-2/h10,13,19,22,27,29,33,35,39,41,69,72,78-79H,7-9,11-12,14-18,20-21,23-26,28,30-32,34,36-38,40,42-68,70-71,73-77H2,1-6H3,(H-,82,84,86,87)/b13-10-,22-19-,29-27-,35-33-,41-39-,72-69+. The molecular formula is C81H151N2O7P. The zero-order valence-electron chi connectivity index (χ0n) is 61.1. The molecule has 1 amide bonds. The number of phosphoric acid groups is 1. The summed E-state index contributed by atoms with van der Waals surface area (Å²) in [5.74, 6) is -0.529. The first kappa shape index (κ1) is 88.5. The molecule has 0 aromatic carbocycles. The molecule has 0 aromatic rings. The molecule has 0 aliphatic heterocycles. The molecule has 0 saturated heterocycles. The molecule has 0 heterocycles. The van der Waals surface area contributed by atoms with Crippen LogP contribution in [0.5, 0.6) is 0 Å². The van der Waals surface area contributed by atoms with Gasteiger partial charge in [-0.25, -0.2) is 0 Å². The van der Waals surface area contributed by atoms with Crippen LogP contribution in [0.1, 0.15) is 380 Å². The van der Waals surface area contributed by atoms with Crippen LogP contribution in [0.25, 0.3) is 0 Å². The first-order chi connectivity index (χ1) is 44.4. The number of nitrogens with zero attached hydrogens (tertiary/aromatic N) is 1. The monoisotopic (exact) mass is 1300 g/mol. The molecule has 532 valence electrons. The van der Waals surface area contributed by atoms with Crippen LogP contribution in [-0.4, -0.2) is 69.4 Å². The molecular weight excluding hydrogens is 1140 g/mol. The third-order valence-electron chi connectivity index (χ3n) is 17.7. The lowest BCUT2D eigenvalue weighted by molar-refractivity contribution is -0.870. The highest BCUT2D eigenvalue weighted by molar-refractivity contribution is 7.45. The lowest BCUT2D eigenvalue weighted by Gasteiger charge is -2.30. The maximum absolute atomic E-state index is 13.6. The Labute approximate surface area is 565 Å². The van der Waals surface area contributed by atoms with Crippen LogP contribution in [0.4, 0.5) is 0 Å². The first-order valence-corrected chi connectivity index (χ1v) is 40.7. The Kier molecular flexibility index (Phi) is 68.3. The minimum atomic E-state index is -4.71. The van der Waals surface area contributed by atoms with Crippen molar-refractivity contribution in [2.75, 3.05) is 40.9 Å². The fraction of sp³-hybridized carbons (Fsp3) is 0.827. The van der Waals surface area contributed by atoms with Gasteiger partial charge in [0, 0.05) is 12.8 Å². The van der Waals surface area contributed by atoms with E-state index in [-0.39, 0.29) is 31.5 Å². The van der Waals surface area contributed by atoms with Crippen LogP contribution in [0.3, 0.4) is 0 Å². The molecule has 0 rings (SSSR count). The van der Waals surface area contributed by atoms with Gasteiger partial charge in [-0.2, -0.15) is 0 Å². The lowest BCUT2D eigenvalue weighted by Crippen LogP contribution is -2.47. The summed E-state index contributed by atoms with van der Waals surface area (Å²) in [6, 6.07) is -0.892. The minimum absolute atomic E-state index is 0.0228. The van der Waals surface area contributed by atoms with Crippen LogP contribution in [0.2, 0.25) is 0 Å². The Hall–Kier alpha value is -2.55. The fourth-order valence-electron chi connectivity index (χ4n) is 11.7. The van der Waals surface area contributed by atoms with E-state index in [4.69, 9.17) is 13.8 Å². The molecule has 1 N–H and O–H groups in total. The number of carbonyl (C=O) groups excluding carboxylic acids is 2. The highest BCUT2D eigenvalue weighted by atomic mass is 31.2. The SMILES string of the molecule is CC/C=C\C/C=C\C/C=C\C/C=C\C/C=C\CCCCCCCCCCCCCC(=O)NC(COP(=O)([O-])OCC[N+](C)(C)C)C(/C=C/CCCCCCCCCCC)OC(=O)CCCCCCCCCCCCCCCCCCCCCCCCCCCCC. The second-order valence-electron chi connectivity index (χ2n) is 27.8. The van der Waals surface area contributed by atoms with E-state index in [1.807, 2.05) is 33.3 Å². The van der Waals surface area contributed by atoms with Crippen molar-refractivity contribution in [2.24, 2.45) is 0 Å². The number of hydrogen-bond acceptors (Lipinski definition) is 7. The van der Waals surface area contributed by atoms with Crippen LogP contribution >= 0.6 is 7.82 Å². The average Bonchev–Trinajstić information content (AvgIpc) is 3.08. The Morgan fingerprint density at radius 1 is 0.396 bits per heavy atom. The van der Waals surface area contributed by atoms with Crippen molar-refractivity contribution in [3.63, 3.8) is 0 Å². The van der Waals surface area contributed by atoms with Crippen LogP contribution in [0, 0.1) is 0 Å². The van der Waals surface area contributed by atoms with E-state index in [9.17, 15) is 19.0 Å². The van der Waals surface area contributed by atoms with Gasteiger partial charge >= 0.3 is 5.97 Å². The smallest absolute Gasteiger partial charge is 0.306 e. The van der Waals surface area contributed by atoms with Crippen molar-refractivity contribution < 1.29 is 37.3 Å². The molecule has 0 bridgehead atoms. The van der Waals surface area contributed by atoms with Gasteiger partial charge in [0.05, 0.1) is 33.8 Å². The predicted octanol–water partition coefficient (Wildman–Crippen LogP) is 24.8. The summed E-state index contributed by atoms with van der Waals surface area (Å²) in [6.07, 6.45) is 93.4. The largest absolute Gasteiger partial charge is 0.756 e. The predicted molar refractivity (Wildman–Crippen MR) is 395 cm³/mol. The number of likely N-dealkylation sites (N-methyl/N-ethyl adjacent to an activating group) is 1. The summed E-state index contributed by atoms with van der Waals surface area (Å²) in [6.45, 7) is 6.78. The van der Waals surface area contributed by atoms with Crippen molar-refractivity contribution in [1.82, 2.24) is 5.32 Å². The third kappa shape index (κ3) is 71.6. The summed E-state index contributed by atoms with van der Waals surface area (Å²) in [5, 5.41) is 3.05. The van der Waals surface area contributed by atoms with Crippen molar-refractivity contribution in [3.8, 4) is 0 Å². The number of allylic oxidation sites excluding steroid dienone is 11. The Bertz CT molecular complexity index is 1780. The number of hydrogen-bond donors (Lipinski definition) is 1. The normalized spacial score (nSPS) is 13.8. The molecule has 3 unspecified atom stereocenters. The highest BCUT2D eigenvalue weighted by Crippen LogP contribution is 2.38. The number of esters is 1. The van der Waals surface area contributed by atoms with Gasteiger partial charge in [-0.05, 0) is 76.7 Å². The van der Waals surface area contributed by atoms with E-state index in [1.54, 1.807) is 0 Å². The van der Waals surface area contributed by atoms with E-state index in [2.05, 4.69) is 86.8 Å². The number of amides is 1. The number of carbonyl (C=O) groups is 2. The molecule has 0 spiro atoms. The summed E-state index contributed by atoms with van der Waals surface area (Å²) in [4.78, 5) is 40.3. The van der Waals surface area contributed by atoms with Gasteiger partial charge in [0.2, 0.25) is 5.91 Å². The zero-order valence-corrected chi connectivity index (χ0v) is 61.9. The van der Waals surface area contributed by atoms with Crippen molar-refractivity contribution in [3.05, 3.63) is 72.9 Å². The van der Waals surface area contributed by atoms with Crippen LogP contribution < -0.4 is 10.2 Å². The number of unbranched alkanes of at least 4 members (excludes halogenated alkanes) is 46. The summed E-state index contributed by atoms with van der Waals surface area (Å²) in [7, 11) is 1.19. The molecule has 0 saturated carbocycles. The lowest BCUT2D eigenvalue weighted by atomic mass is 10.0. The second-order valence-corrected chi connectivity index (χ2v) is 29.3. The zero-order chi connectivity index (χ0) is 66.3. The Morgan fingerprint density at radius 2 is 0.703 bits per heavy atom. The minimum Gasteiger partial charge on any atom is -0.756 e. The van der Waals surface area contributed by atoms with Gasteiger partial charge in [-0.15, -0.1) is 0 Å². The second kappa shape index (κ2) is 70.3. The Balaban J connectivity index is 4.88. The van der Waals surface area contributed by atoms with Gasteiger partial charge in [-0.1, -0.05) is 364 Å². The van der Waals surface area contributed by atoms with Gasteiger partial charge in [0.15, 0.2) is 0 Å². The van der Waals surface area contributed by atoms with E-state index < -0.39 is 20.0 Å². The van der Waals surface area contributed by atoms with Gasteiger partial charge in [0.25, 0.3) is 7.82 Å². The molecule has 10 heteroatoms. The molecule has 0 fully saturated rings. The molecule has 91 heavy (non-hydrogen) atoms. The maximum atomic E-state index is 13.6. The molecule has 0 aromatic heterocycles. The van der Waals surface area contributed by atoms with E-state index in [1.165, 1.54) is 250 Å². The van der Waals surface area contributed by atoms with Crippen molar-refractivity contribution >= 4 is 19.7 Å². The molecule has 0 aliphatic rings. The molecule has 0 radical (unpaired) electrons. The quantitative estimate of drug-likeness (QED) is 0.0212. The third-order valence-corrected chi connectivity index (χ3v) is 18.6. The number of ether oxygens (including phenoxy) is 1. The number of nitrogens with one attached hydrogen (secondary N) is 1. The van der Waals surface area contributed by atoms with Gasteiger partial charge in [-0.3, -0.25) is 14.2 Å². The van der Waals surface area contributed by atoms with Gasteiger partial charge in [0.1, 0.15) is 19.3 Å². The van der Waals surface area contributed by atoms with Crippen molar-refractivity contribution in [2.45, 2.75) is 392 Å². The maximum Gasteiger partial charge on any atom is 0.306 e. The van der Waals surface area contributed by atoms with E-state index >= 15 is 0 Å². The number of quaternary nitrogens is 1. The average molecular weight is 1300 g/mol.